The third-order valence-corrected chi connectivity index (χ3v) is 11.8. The van der Waals surface area contributed by atoms with Crippen LogP contribution in [0.4, 0.5) is 0 Å². The van der Waals surface area contributed by atoms with Crippen molar-refractivity contribution in [1.29, 1.82) is 0 Å². The fourth-order valence-corrected chi connectivity index (χ4v) is 9.19. The van der Waals surface area contributed by atoms with Gasteiger partial charge in [0.05, 0.1) is 0 Å². The van der Waals surface area contributed by atoms with Gasteiger partial charge < -0.3 is 0 Å². The molecular formula is C55H36. The second-order valence-corrected chi connectivity index (χ2v) is 14.9. The van der Waals surface area contributed by atoms with E-state index in [4.69, 9.17) is 0 Å². The maximum Gasteiger partial charge on any atom is -0.00262 e. The summed E-state index contributed by atoms with van der Waals surface area (Å²) in [7, 11) is 0. The van der Waals surface area contributed by atoms with Crippen LogP contribution in [0.1, 0.15) is 5.56 Å². The fourth-order valence-electron chi connectivity index (χ4n) is 9.19. The molecule has 0 spiro atoms. The second kappa shape index (κ2) is 12.5. The van der Waals surface area contributed by atoms with Crippen molar-refractivity contribution in [2.24, 2.45) is 0 Å². The van der Waals surface area contributed by atoms with Crippen LogP contribution in [0.15, 0.2) is 200 Å². The Kier molecular flexibility index (Phi) is 7.19. The molecular weight excluding hydrogens is 661 g/mol. The van der Waals surface area contributed by atoms with Crippen molar-refractivity contribution in [3.63, 3.8) is 0 Å². The topological polar surface area (TPSA) is 0 Å². The van der Waals surface area contributed by atoms with E-state index in [-0.39, 0.29) is 0 Å². The van der Waals surface area contributed by atoms with Crippen LogP contribution in [-0.2, 0) is 0 Å². The normalized spacial score (nSPS) is 11.7. The van der Waals surface area contributed by atoms with Gasteiger partial charge in [-0.2, -0.15) is 0 Å². The van der Waals surface area contributed by atoms with Gasteiger partial charge in [-0.15, -0.1) is 0 Å². The number of hydrogen-bond acceptors (Lipinski definition) is 0. The molecule has 0 radical (unpaired) electrons. The highest BCUT2D eigenvalue weighted by atomic mass is 14.2. The predicted octanol–water partition coefficient (Wildman–Crippen LogP) is 15.6. The zero-order chi connectivity index (χ0) is 36.5. The van der Waals surface area contributed by atoms with Crippen LogP contribution >= 0.6 is 0 Å². The van der Waals surface area contributed by atoms with Crippen LogP contribution in [0.5, 0.6) is 0 Å². The van der Waals surface area contributed by atoms with E-state index in [1.807, 2.05) is 0 Å². The Hall–Kier alpha value is -7.02. The van der Waals surface area contributed by atoms with Gasteiger partial charge in [0.2, 0.25) is 0 Å². The second-order valence-electron chi connectivity index (χ2n) is 14.9. The van der Waals surface area contributed by atoms with Gasteiger partial charge in [-0.3, -0.25) is 0 Å². The fraction of sp³-hybridized carbons (Fsp3) is 0.0182. The first-order valence-electron chi connectivity index (χ1n) is 19.2. The largest absolute Gasteiger partial charge is 0.0616 e. The van der Waals surface area contributed by atoms with Gasteiger partial charge in [-0.1, -0.05) is 176 Å². The molecule has 11 aromatic carbocycles. The molecule has 0 saturated heterocycles. The summed E-state index contributed by atoms with van der Waals surface area (Å²) in [6, 6.07) is 74.1. The van der Waals surface area contributed by atoms with Gasteiger partial charge in [0.15, 0.2) is 0 Å². The quantitative estimate of drug-likeness (QED) is 0.161. The van der Waals surface area contributed by atoms with Crippen molar-refractivity contribution in [2.45, 2.75) is 6.92 Å². The number of rotatable bonds is 4. The van der Waals surface area contributed by atoms with E-state index in [2.05, 4.69) is 207 Å². The average molecular weight is 697 g/mol. The standard InChI is InChI=1S/C55H36/c1-35-45-17-4-6-19-47(45)54(48-20-7-5-18-46(35)48)43-29-27-41-34-44(30-28-40(41)33-43)55-51-23-10-8-21-49(51)53(50-22-9-11-24-52(50)55)42-16-12-15-38(32-42)39-26-25-36-13-2-3-14-37(36)31-39/h2-34H,1H3. The van der Waals surface area contributed by atoms with Gasteiger partial charge in [0.1, 0.15) is 0 Å². The molecule has 55 heavy (non-hydrogen) atoms. The van der Waals surface area contributed by atoms with Gasteiger partial charge in [0.25, 0.3) is 0 Å². The van der Waals surface area contributed by atoms with Gasteiger partial charge in [-0.05, 0) is 146 Å². The van der Waals surface area contributed by atoms with Crippen molar-refractivity contribution in [3.8, 4) is 44.5 Å². The maximum absolute atomic E-state index is 2.39. The monoisotopic (exact) mass is 696 g/mol. The molecule has 0 nitrogen and oxygen atoms in total. The SMILES string of the molecule is Cc1c2ccccc2c(-c2ccc3cc(-c4c5ccccc5c(-c5cccc(-c6ccc7ccccc7c6)c5)c5ccccc45)ccc3c2)c2ccccc12. The third kappa shape index (κ3) is 5.07. The summed E-state index contributed by atoms with van der Waals surface area (Å²) in [5.74, 6) is 0. The van der Waals surface area contributed by atoms with E-state index in [9.17, 15) is 0 Å². The minimum absolute atomic E-state index is 1.22. The van der Waals surface area contributed by atoms with Gasteiger partial charge in [-0.25, -0.2) is 0 Å². The molecule has 0 aliphatic carbocycles. The Morgan fingerprint density at radius 3 is 1.04 bits per heavy atom. The molecule has 0 fully saturated rings. The average Bonchev–Trinajstić information content (AvgIpc) is 3.25. The highest BCUT2D eigenvalue weighted by Crippen LogP contribution is 2.45. The molecule has 0 atom stereocenters. The zero-order valence-corrected chi connectivity index (χ0v) is 30.6. The van der Waals surface area contributed by atoms with E-state index in [1.165, 1.54) is 115 Å². The molecule has 0 unspecified atom stereocenters. The van der Waals surface area contributed by atoms with E-state index in [1.54, 1.807) is 0 Å². The van der Waals surface area contributed by atoms with Crippen molar-refractivity contribution in [1.82, 2.24) is 0 Å². The molecule has 11 aromatic rings. The maximum atomic E-state index is 2.39. The number of benzene rings is 11. The zero-order valence-electron chi connectivity index (χ0n) is 30.6. The van der Waals surface area contributed by atoms with E-state index in [0.29, 0.717) is 0 Å². The third-order valence-electron chi connectivity index (χ3n) is 11.8. The summed E-state index contributed by atoms with van der Waals surface area (Å²) < 4.78 is 0. The summed E-state index contributed by atoms with van der Waals surface area (Å²) in [5, 5.41) is 15.3. The Balaban J connectivity index is 1.08. The van der Waals surface area contributed by atoms with Gasteiger partial charge in [0, 0.05) is 0 Å². The van der Waals surface area contributed by atoms with Crippen LogP contribution in [0.25, 0.3) is 109 Å². The summed E-state index contributed by atoms with van der Waals surface area (Å²) in [5.41, 5.74) is 11.4. The Bertz CT molecular complexity index is 3210. The van der Waals surface area contributed by atoms with Crippen LogP contribution < -0.4 is 0 Å². The van der Waals surface area contributed by atoms with Crippen LogP contribution in [0, 0.1) is 6.92 Å². The minimum atomic E-state index is 1.22. The van der Waals surface area contributed by atoms with Crippen LogP contribution in [0.3, 0.4) is 0 Å². The number of fused-ring (bicyclic) bond motifs is 6. The molecule has 0 heteroatoms. The first kappa shape index (κ1) is 31.5. The van der Waals surface area contributed by atoms with E-state index in [0.717, 1.165) is 0 Å². The first-order chi connectivity index (χ1) is 27.2. The molecule has 11 rings (SSSR count). The highest BCUT2D eigenvalue weighted by molar-refractivity contribution is 6.22. The molecule has 0 aliphatic heterocycles. The lowest BCUT2D eigenvalue weighted by Crippen LogP contribution is -1.92. The number of hydrogen-bond donors (Lipinski definition) is 0. The Morgan fingerprint density at radius 1 is 0.218 bits per heavy atom. The van der Waals surface area contributed by atoms with Crippen molar-refractivity contribution in [3.05, 3.63) is 206 Å². The molecule has 0 aliphatic rings. The van der Waals surface area contributed by atoms with Crippen LogP contribution in [0.2, 0.25) is 0 Å². The molecule has 0 heterocycles. The molecule has 0 bridgehead atoms. The summed E-state index contributed by atoms with van der Waals surface area (Å²) in [6.07, 6.45) is 0. The van der Waals surface area contributed by atoms with Crippen LogP contribution in [-0.4, -0.2) is 0 Å². The first-order valence-corrected chi connectivity index (χ1v) is 19.2. The van der Waals surface area contributed by atoms with E-state index >= 15 is 0 Å². The highest BCUT2D eigenvalue weighted by Gasteiger charge is 2.18. The lowest BCUT2D eigenvalue weighted by molar-refractivity contribution is 1.58. The van der Waals surface area contributed by atoms with Crippen molar-refractivity contribution in [2.75, 3.05) is 0 Å². The lowest BCUT2D eigenvalue weighted by Gasteiger charge is -2.19. The predicted molar refractivity (Wildman–Crippen MR) is 238 cm³/mol. The molecule has 0 saturated carbocycles. The van der Waals surface area contributed by atoms with Gasteiger partial charge >= 0.3 is 0 Å². The molecule has 0 amide bonds. The smallest absolute Gasteiger partial charge is 0.00262 e. The minimum Gasteiger partial charge on any atom is -0.0616 e. The Labute approximate surface area is 320 Å². The number of aryl methyl sites for hydroxylation is 1. The lowest BCUT2D eigenvalue weighted by atomic mass is 9.84. The molecule has 0 aromatic heterocycles. The van der Waals surface area contributed by atoms with Crippen molar-refractivity contribution >= 4 is 64.6 Å². The summed E-state index contributed by atoms with van der Waals surface area (Å²) in [4.78, 5) is 0. The summed E-state index contributed by atoms with van der Waals surface area (Å²) >= 11 is 0. The molecule has 256 valence electrons. The van der Waals surface area contributed by atoms with Crippen molar-refractivity contribution < 1.29 is 0 Å². The Morgan fingerprint density at radius 2 is 0.527 bits per heavy atom. The van der Waals surface area contributed by atoms with E-state index < -0.39 is 0 Å². The molecule has 0 N–H and O–H groups in total. The summed E-state index contributed by atoms with van der Waals surface area (Å²) in [6.45, 7) is 2.25.